The first kappa shape index (κ1) is 22.7. The number of piperidine rings is 1. The molecule has 0 aromatic heterocycles. The van der Waals surface area contributed by atoms with Crippen molar-refractivity contribution in [3.63, 3.8) is 0 Å². The quantitative estimate of drug-likeness (QED) is 0.682. The molecule has 7 heteroatoms. The number of hydrogen-bond acceptors (Lipinski definition) is 3. The minimum absolute atomic E-state index is 0.0389. The Labute approximate surface area is 183 Å². The lowest BCUT2D eigenvalue weighted by Gasteiger charge is -2.32. The van der Waals surface area contributed by atoms with E-state index < -0.39 is 0 Å². The molecule has 0 unspecified atom stereocenters. The van der Waals surface area contributed by atoms with Crippen molar-refractivity contribution in [2.45, 2.75) is 38.4 Å². The smallest absolute Gasteiger partial charge is 0.317 e. The Morgan fingerprint density at radius 3 is 2.39 bits per heavy atom. The average molecular weight is 427 g/mol. The second-order valence-corrected chi connectivity index (χ2v) is 8.07. The Kier molecular flexibility index (Phi) is 8.41. The molecule has 1 fully saturated rings. The third-order valence-corrected chi connectivity index (χ3v) is 5.51. The van der Waals surface area contributed by atoms with Gasteiger partial charge < -0.3 is 15.5 Å². The van der Waals surface area contributed by atoms with Crippen LogP contribution in [0.5, 0.6) is 0 Å². The molecule has 166 valence electrons. The summed E-state index contributed by atoms with van der Waals surface area (Å²) in [6.07, 6.45) is 2.04. The van der Waals surface area contributed by atoms with Gasteiger partial charge in [0.1, 0.15) is 5.82 Å². The summed E-state index contributed by atoms with van der Waals surface area (Å²) in [5.74, 6) is -0.257. The zero-order valence-corrected chi connectivity index (χ0v) is 18.0. The summed E-state index contributed by atoms with van der Waals surface area (Å²) in [6, 6.07) is 16.4. The van der Waals surface area contributed by atoms with Crippen LogP contribution in [0, 0.1) is 5.82 Å². The fraction of sp³-hybridized carbons (Fsp3) is 0.417. The van der Waals surface area contributed by atoms with Crippen molar-refractivity contribution in [1.82, 2.24) is 20.4 Å². The van der Waals surface area contributed by atoms with Gasteiger partial charge in [0.15, 0.2) is 0 Å². The third-order valence-electron chi connectivity index (χ3n) is 5.51. The van der Waals surface area contributed by atoms with E-state index in [1.165, 1.54) is 12.1 Å². The number of carbonyl (C=O) groups is 2. The number of carbonyl (C=O) groups excluding carboxylic acids is 2. The number of hydrogen-bond donors (Lipinski definition) is 2. The SMILES string of the molecule is CN(Cc1ccccc1)C(=O)NCCC(=O)NC1CCN(Cc2ccc(F)cc2)CC1. The fourth-order valence-electron chi connectivity index (χ4n) is 3.73. The van der Waals surface area contributed by atoms with Crippen molar-refractivity contribution >= 4 is 11.9 Å². The topological polar surface area (TPSA) is 64.7 Å². The van der Waals surface area contributed by atoms with Crippen LogP contribution in [0.3, 0.4) is 0 Å². The predicted octanol–water partition coefficient (Wildman–Crippen LogP) is 3.14. The monoisotopic (exact) mass is 426 g/mol. The Morgan fingerprint density at radius 1 is 1.03 bits per heavy atom. The van der Waals surface area contributed by atoms with Crippen molar-refractivity contribution in [2.75, 3.05) is 26.7 Å². The molecule has 1 saturated heterocycles. The van der Waals surface area contributed by atoms with E-state index in [9.17, 15) is 14.0 Å². The number of nitrogens with one attached hydrogen (secondary N) is 2. The number of rotatable bonds is 8. The molecular weight excluding hydrogens is 395 g/mol. The van der Waals surface area contributed by atoms with Crippen LogP contribution in [0.25, 0.3) is 0 Å². The summed E-state index contributed by atoms with van der Waals surface area (Å²) in [7, 11) is 1.74. The van der Waals surface area contributed by atoms with Crippen LogP contribution in [0.4, 0.5) is 9.18 Å². The number of amides is 3. The van der Waals surface area contributed by atoms with E-state index in [0.29, 0.717) is 13.1 Å². The summed E-state index contributed by atoms with van der Waals surface area (Å²) in [5, 5.41) is 5.87. The molecule has 0 aliphatic carbocycles. The maximum absolute atomic E-state index is 13.0. The van der Waals surface area contributed by atoms with Gasteiger partial charge in [0.2, 0.25) is 5.91 Å². The summed E-state index contributed by atoms with van der Waals surface area (Å²) in [4.78, 5) is 28.3. The van der Waals surface area contributed by atoms with E-state index in [4.69, 9.17) is 0 Å². The molecule has 6 nitrogen and oxygen atoms in total. The predicted molar refractivity (Wildman–Crippen MR) is 119 cm³/mol. The van der Waals surface area contributed by atoms with Crippen LogP contribution in [-0.2, 0) is 17.9 Å². The second-order valence-electron chi connectivity index (χ2n) is 8.07. The van der Waals surface area contributed by atoms with E-state index in [2.05, 4.69) is 15.5 Å². The first-order chi connectivity index (χ1) is 15.0. The zero-order chi connectivity index (χ0) is 22.1. The highest BCUT2D eigenvalue weighted by Gasteiger charge is 2.20. The summed E-state index contributed by atoms with van der Waals surface area (Å²) in [6.45, 7) is 3.42. The Morgan fingerprint density at radius 2 is 1.71 bits per heavy atom. The Balaban J connectivity index is 1.29. The first-order valence-corrected chi connectivity index (χ1v) is 10.8. The molecular formula is C24H31FN4O2. The molecule has 2 N–H and O–H groups in total. The summed E-state index contributed by atoms with van der Waals surface area (Å²) >= 11 is 0. The minimum Gasteiger partial charge on any atom is -0.353 e. The second kappa shape index (κ2) is 11.5. The van der Waals surface area contributed by atoms with Crippen molar-refractivity contribution < 1.29 is 14.0 Å². The van der Waals surface area contributed by atoms with Gasteiger partial charge in [-0.2, -0.15) is 0 Å². The molecule has 0 atom stereocenters. The number of nitrogens with zero attached hydrogens (tertiary/aromatic N) is 2. The highest BCUT2D eigenvalue weighted by molar-refractivity contribution is 5.78. The van der Waals surface area contributed by atoms with E-state index in [-0.39, 0.29) is 30.2 Å². The van der Waals surface area contributed by atoms with Gasteiger partial charge in [-0.1, -0.05) is 42.5 Å². The lowest BCUT2D eigenvalue weighted by Crippen LogP contribution is -2.45. The average Bonchev–Trinajstić information content (AvgIpc) is 2.77. The molecule has 31 heavy (non-hydrogen) atoms. The number of urea groups is 1. The lowest BCUT2D eigenvalue weighted by atomic mass is 10.0. The molecule has 3 amide bonds. The van der Waals surface area contributed by atoms with Gasteiger partial charge in [0, 0.05) is 52.2 Å². The van der Waals surface area contributed by atoms with Crippen molar-refractivity contribution in [3.05, 3.63) is 71.5 Å². The molecule has 2 aromatic carbocycles. The van der Waals surface area contributed by atoms with Crippen molar-refractivity contribution in [1.29, 1.82) is 0 Å². The van der Waals surface area contributed by atoms with E-state index in [1.807, 2.05) is 42.5 Å². The van der Waals surface area contributed by atoms with Crippen LogP contribution in [0.15, 0.2) is 54.6 Å². The van der Waals surface area contributed by atoms with E-state index >= 15 is 0 Å². The van der Waals surface area contributed by atoms with Gasteiger partial charge >= 0.3 is 6.03 Å². The number of likely N-dealkylation sites (tertiary alicyclic amines) is 1. The van der Waals surface area contributed by atoms with E-state index in [1.54, 1.807) is 11.9 Å². The molecule has 1 aliphatic heterocycles. The largest absolute Gasteiger partial charge is 0.353 e. The van der Waals surface area contributed by atoms with Gasteiger partial charge in [-0.3, -0.25) is 9.69 Å². The van der Waals surface area contributed by atoms with Crippen LogP contribution in [-0.4, -0.2) is 54.5 Å². The van der Waals surface area contributed by atoms with Crippen LogP contribution < -0.4 is 10.6 Å². The first-order valence-electron chi connectivity index (χ1n) is 10.8. The highest BCUT2D eigenvalue weighted by Crippen LogP contribution is 2.14. The molecule has 2 aromatic rings. The van der Waals surface area contributed by atoms with Crippen LogP contribution in [0.2, 0.25) is 0 Å². The van der Waals surface area contributed by atoms with Crippen LogP contribution in [0.1, 0.15) is 30.4 Å². The lowest BCUT2D eigenvalue weighted by molar-refractivity contribution is -0.122. The minimum atomic E-state index is -0.218. The Hall–Kier alpha value is -2.93. The normalized spacial score (nSPS) is 14.8. The van der Waals surface area contributed by atoms with Gasteiger partial charge in [-0.15, -0.1) is 0 Å². The maximum atomic E-state index is 13.0. The molecule has 1 heterocycles. The Bertz CT molecular complexity index is 836. The fourth-order valence-corrected chi connectivity index (χ4v) is 3.73. The molecule has 0 spiro atoms. The zero-order valence-electron chi connectivity index (χ0n) is 18.0. The number of halogens is 1. The van der Waals surface area contributed by atoms with Crippen molar-refractivity contribution in [2.24, 2.45) is 0 Å². The van der Waals surface area contributed by atoms with Gasteiger partial charge in [-0.25, -0.2) is 9.18 Å². The molecule has 0 bridgehead atoms. The van der Waals surface area contributed by atoms with Gasteiger partial charge in [-0.05, 0) is 36.1 Å². The summed E-state index contributed by atoms with van der Waals surface area (Å²) < 4.78 is 13.0. The summed E-state index contributed by atoms with van der Waals surface area (Å²) in [5.41, 5.74) is 2.15. The van der Waals surface area contributed by atoms with Crippen molar-refractivity contribution in [3.8, 4) is 0 Å². The van der Waals surface area contributed by atoms with Gasteiger partial charge in [0.05, 0.1) is 0 Å². The van der Waals surface area contributed by atoms with E-state index in [0.717, 1.165) is 43.6 Å². The molecule has 3 rings (SSSR count). The maximum Gasteiger partial charge on any atom is 0.317 e. The third kappa shape index (κ3) is 7.68. The van der Waals surface area contributed by atoms with Crippen LogP contribution >= 0.6 is 0 Å². The molecule has 1 aliphatic rings. The van der Waals surface area contributed by atoms with Gasteiger partial charge in [0.25, 0.3) is 0 Å². The molecule has 0 saturated carbocycles. The molecule has 0 radical (unpaired) electrons. The highest BCUT2D eigenvalue weighted by atomic mass is 19.1. The standard InChI is InChI=1S/C24H31FN4O2/c1-28(17-19-5-3-2-4-6-19)24(31)26-14-11-23(30)27-22-12-15-29(16-13-22)18-20-7-9-21(25)10-8-20/h2-10,22H,11-18H2,1H3,(H,26,31)(H,27,30). The number of benzene rings is 2.